The highest BCUT2D eigenvalue weighted by atomic mass is 32.1. The SMILES string of the molecule is Cc1nc(NC(=O)c2ccc3ccccc3c2)sc1C. The number of nitrogens with one attached hydrogen (secondary N) is 1. The maximum absolute atomic E-state index is 12.2. The lowest BCUT2D eigenvalue weighted by molar-refractivity contribution is 0.102. The monoisotopic (exact) mass is 282 g/mol. The van der Waals surface area contributed by atoms with Gasteiger partial charge in [-0.2, -0.15) is 0 Å². The lowest BCUT2D eigenvalue weighted by Crippen LogP contribution is -2.11. The van der Waals surface area contributed by atoms with E-state index in [1.165, 1.54) is 11.3 Å². The van der Waals surface area contributed by atoms with E-state index in [0.29, 0.717) is 10.7 Å². The number of benzene rings is 2. The zero-order chi connectivity index (χ0) is 14.1. The highest BCUT2D eigenvalue weighted by Gasteiger charge is 2.10. The van der Waals surface area contributed by atoms with Crippen LogP contribution >= 0.6 is 11.3 Å². The first kappa shape index (κ1) is 12.8. The molecule has 0 spiro atoms. The Bertz CT molecular complexity index is 773. The van der Waals surface area contributed by atoms with Gasteiger partial charge in [0.1, 0.15) is 0 Å². The number of carbonyl (C=O) groups is 1. The van der Waals surface area contributed by atoms with Crippen LogP contribution in [0.1, 0.15) is 20.9 Å². The van der Waals surface area contributed by atoms with Crippen molar-refractivity contribution in [3.05, 3.63) is 58.6 Å². The summed E-state index contributed by atoms with van der Waals surface area (Å²) in [5.41, 5.74) is 1.61. The average Bonchev–Trinajstić information content (AvgIpc) is 2.76. The smallest absolute Gasteiger partial charge is 0.257 e. The molecule has 0 bridgehead atoms. The van der Waals surface area contributed by atoms with Gasteiger partial charge >= 0.3 is 0 Å². The minimum absolute atomic E-state index is 0.121. The van der Waals surface area contributed by atoms with Crippen LogP contribution < -0.4 is 5.32 Å². The van der Waals surface area contributed by atoms with E-state index in [2.05, 4.69) is 10.3 Å². The summed E-state index contributed by atoms with van der Waals surface area (Å²) in [7, 11) is 0. The zero-order valence-electron chi connectivity index (χ0n) is 11.3. The molecule has 0 atom stereocenters. The molecule has 0 saturated heterocycles. The molecule has 1 heterocycles. The number of amides is 1. The number of anilines is 1. The molecule has 1 aromatic heterocycles. The van der Waals surface area contributed by atoms with E-state index in [0.717, 1.165) is 21.3 Å². The summed E-state index contributed by atoms with van der Waals surface area (Å²) in [4.78, 5) is 17.7. The molecule has 0 aliphatic carbocycles. The Morgan fingerprint density at radius 2 is 1.85 bits per heavy atom. The van der Waals surface area contributed by atoms with Gasteiger partial charge in [0.25, 0.3) is 5.91 Å². The molecule has 3 aromatic rings. The van der Waals surface area contributed by atoms with E-state index in [4.69, 9.17) is 0 Å². The molecule has 0 radical (unpaired) electrons. The Labute approximate surface area is 121 Å². The standard InChI is InChI=1S/C16H14N2OS/c1-10-11(2)20-16(17-10)18-15(19)14-8-7-12-5-3-4-6-13(12)9-14/h3-9H,1-2H3,(H,17,18,19). The second kappa shape index (κ2) is 5.06. The van der Waals surface area contributed by atoms with Crippen LogP contribution in [-0.2, 0) is 0 Å². The minimum atomic E-state index is -0.121. The molecule has 4 heteroatoms. The number of rotatable bonds is 2. The molecule has 1 N–H and O–H groups in total. The van der Waals surface area contributed by atoms with Gasteiger partial charge in [-0.15, -0.1) is 11.3 Å². The van der Waals surface area contributed by atoms with Gasteiger partial charge in [-0.05, 0) is 36.8 Å². The molecule has 3 rings (SSSR count). The lowest BCUT2D eigenvalue weighted by atomic mass is 10.1. The average molecular weight is 282 g/mol. The molecule has 0 saturated carbocycles. The van der Waals surface area contributed by atoms with Crippen molar-refractivity contribution in [3.8, 4) is 0 Å². The van der Waals surface area contributed by atoms with Gasteiger partial charge in [-0.1, -0.05) is 30.3 Å². The first-order valence-electron chi connectivity index (χ1n) is 6.37. The number of nitrogens with zero attached hydrogens (tertiary/aromatic N) is 1. The molecule has 0 aliphatic rings. The maximum Gasteiger partial charge on any atom is 0.257 e. The maximum atomic E-state index is 12.2. The number of carbonyl (C=O) groups excluding carboxylic acids is 1. The highest BCUT2D eigenvalue weighted by Crippen LogP contribution is 2.22. The molecule has 2 aromatic carbocycles. The van der Waals surface area contributed by atoms with Gasteiger partial charge in [0.15, 0.2) is 5.13 Å². The lowest BCUT2D eigenvalue weighted by Gasteiger charge is -2.03. The van der Waals surface area contributed by atoms with Crippen molar-refractivity contribution in [2.24, 2.45) is 0 Å². The number of fused-ring (bicyclic) bond motifs is 1. The summed E-state index contributed by atoms with van der Waals surface area (Å²) in [6.07, 6.45) is 0. The van der Waals surface area contributed by atoms with Crippen LogP contribution in [0.25, 0.3) is 10.8 Å². The van der Waals surface area contributed by atoms with Crippen LogP contribution in [0.4, 0.5) is 5.13 Å². The molecule has 20 heavy (non-hydrogen) atoms. The van der Waals surface area contributed by atoms with Crippen molar-refractivity contribution in [1.82, 2.24) is 4.98 Å². The Morgan fingerprint density at radius 1 is 1.10 bits per heavy atom. The summed E-state index contributed by atoms with van der Waals surface area (Å²) >= 11 is 1.50. The number of aromatic nitrogens is 1. The fourth-order valence-electron chi connectivity index (χ4n) is 2.03. The fourth-order valence-corrected chi connectivity index (χ4v) is 2.84. The molecule has 0 aliphatic heterocycles. The number of aryl methyl sites for hydroxylation is 2. The molecule has 0 unspecified atom stereocenters. The van der Waals surface area contributed by atoms with Crippen LogP contribution in [0.3, 0.4) is 0 Å². The molecular formula is C16H14N2OS. The van der Waals surface area contributed by atoms with Crippen LogP contribution in [0.5, 0.6) is 0 Å². The summed E-state index contributed by atoms with van der Waals surface area (Å²) in [6.45, 7) is 3.94. The van der Waals surface area contributed by atoms with Gasteiger partial charge in [-0.25, -0.2) is 4.98 Å². The summed E-state index contributed by atoms with van der Waals surface area (Å²) in [5, 5.41) is 5.70. The van der Waals surface area contributed by atoms with Crippen molar-refractivity contribution in [1.29, 1.82) is 0 Å². The number of thiazole rings is 1. The highest BCUT2D eigenvalue weighted by molar-refractivity contribution is 7.15. The van der Waals surface area contributed by atoms with Crippen LogP contribution in [-0.4, -0.2) is 10.9 Å². The van der Waals surface area contributed by atoms with E-state index in [9.17, 15) is 4.79 Å². The van der Waals surface area contributed by atoms with Gasteiger partial charge < -0.3 is 0 Å². The predicted molar refractivity (Wildman–Crippen MR) is 83.5 cm³/mol. The zero-order valence-corrected chi connectivity index (χ0v) is 12.1. The first-order chi connectivity index (χ1) is 9.63. The van der Waals surface area contributed by atoms with Gasteiger partial charge in [-0.3, -0.25) is 10.1 Å². The quantitative estimate of drug-likeness (QED) is 0.766. The van der Waals surface area contributed by atoms with Crippen molar-refractivity contribution >= 4 is 33.1 Å². The Hall–Kier alpha value is -2.20. The third-order valence-corrected chi connectivity index (χ3v) is 4.25. The van der Waals surface area contributed by atoms with Gasteiger partial charge in [0.05, 0.1) is 5.69 Å². The minimum Gasteiger partial charge on any atom is -0.298 e. The number of hydrogen-bond donors (Lipinski definition) is 1. The molecular weight excluding hydrogens is 268 g/mol. The van der Waals surface area contributed by atoms with Crippen molar-refractivity contribution in [2.75, 3.05) is 5.32 Å². The van der Waals surface area contributed by atoms with Crippen molar-refractivity contribution < 1.29 is 4.79 Å². The van der Waals surface area contributed by atoms with Gasteiger partial charge in [0, 0.05) is 10.4 Å². The summed E-state index contributed by atoms with van der Waals surface area (Å²) < 4.78 is 0. The fraction of sp³-hybridized carbons (Fsp3) is 0.125. The largest absolute Gasteiger partial charge is 0.298 e. The Kier molecular flexibility index (Phi) is 3.24. The van der Waals surface area contributed by atoms with Crippen LogP contribution in [0.15, 0.2) is 42.5 Å². The van der Waals surface area contributed by atoms with E-state index in [1.54, 1.807) is 0 Å². The van der Waals surface area contributed by atoms with Crippen LogP contribution in [0.2, 0.25) is 0 Å². The van der Waals surface area contributed by atoms with E-state index >= 15 is 0 Å². The van der Waals surface area contributed by atoms with Crippen LogP contribution in [0, 0.1) is 13.8 Å². The van der Waals surface area contributed by atoms with E-state index in [1.807, 2.05) is 56.3 Å². The van der Waals surface area contributed by atoms with E-state index in [-0.39, 0.29) is 5.91 Å². The second-order valence-electron chi connectivity index (χ2n) is 4.68. The number of hydrogen-bond acceptors (Lipinski definition) is 3. The normalized spacial score (nSPS) is 10.7. The molecule has 100 valence electrons. The summed E-state index contributed by atoms with van der Waals surface area (Å²) in [5.74, 6) is -0.121. The second-order valence-corrected chi connectivity index (χ2v) is 5.88. The first-order valence-corrected chi connectivity index (χ1v) is 7.19. The van der Waals surface area contributed by atoms with E-state index < -0.39 is 0 Å². The third kappa shape index (κ3) is 2.42. The Balaban J connectivity index is 1.88. The third-order valence-electron chi connectivity index (χ3n) is 3.26. The Morgan fingerprint density at radius 3 is 2.55 bits per heavy atom. The molecule has 3 nitrogen and oxygen atoms in total. The predicted octanol–water partition coefficient (Wildman–Crippen LogP) is 4.17. The molecule has 1 amide bonds. The van der Waals surface area contributed by atoms with Crippen molar-refractivity contribution in [3.63, 3.8) is 0 Å². The summed E-state index contributed by atoms with van der Waals surface area (Å²) in [6, 6.07) is 13.7. The van der Waals surface area contributed by atoms with Crippen molar-refractivity contribution in [2.45, 2.75) is 13.8 Å². The topological polar surface area (TPSA) is 42.0 Å². The molecule has 0 fully saturated rings. The van der Waals surface area contributed by atoms with Gasteiger partial charge in [0.2, 0.25) is 0 Å².